The molecule has 0 heterocycles. The molecule has 0 unspecified atom stereocenters. The quantitative estimate of drug-likeness (QED) is 0.475. The fourth-order valence-electron chi connectivity index (χ4n) is 1.76. The lowest BCUT2D eigenvalue weighted by Gasteiger charge is -2.10. The summed E-state index contributed by atoms with van der Waals surface area (Å²) in [5.41, 5.74) is 0.780. The maximum atomic E-state index is 13.2. The number of rotatable bonds is 5. The third kappa shape index (κ3) is 3.24. The Kier molecular flexibility index (Phi) is 4.53. The van der Waals surface area contributed by atoms with Gasteiger partial charge in [-0.05, 0) is 18.2 Å². The van der Waals surface area contributed by atoms with Gasteiger partial charge in [0.15, 0.2) is 0 Å². The molecule has 0 saturated carbocycles. The molecular weight excluding hydrogens is 285 g/mol. The molecule has 0 spiro atoms. The predicted octanol–water partition coefficient (Wildman–Crippen LogP) is 4.05. The second kappa shape index (κ2) is 6.34. The van der Waals surface area contributed by atoms with Crippen LogP contribution in [0.4, 0.5) is 10.1 Å². The molecule has 4 nitrogen and oxygen atoms in total. The molecule has 20 heavy (non-hydrogen) atoms. The fraction of sp³-hybridized carbons (Fsp3) is 0.143. The second-order valence-corrected chi connectivity index (χ2v) is 4.33. The Hall–Kier alpha value is -2.14. The third-order valence-electron chi connectivity index (χ3n) is 2.74. The molecule has 0 N–H and O–H groups in total. The Labute approximate surface area is 119 Å². The first-order chi connectivity index (χ1) is 9.61. The van der Waals surface area contributed by atoms with Crippen LogP contribution in [0.3, 0.4) is 0 Å². The summed E-state index contributed by atoms with van der Waals surface area (Å²) < 4.78 is 18.7. The van der Waals surface area contributed by atoms with Gasteiger partial charge in [-0.2, -0.15) is 0 Å². The van der Waals surface area contributed by atoms with E-state index in [0.29, 0.717) is 5.75 Å². The summed E-state index contributed by atoms with van der Waals surface area (Å²) in [6.45, 7) is -0.0953. The van der Waals surface area contributed by atoms with Gasteiger partial charge in [0.05, 0.1) is 16.4 Å². The average molecular weight is 296 g/mol. The average Bonchev–Trinajstić information content (AvgIpc) is 2.45. The molecule has 0 amide bonds. The van der Waals surface area contributed by atoms with Gasteiger partial charge >= 0.3 is 0 Å². The first-order valence-corrected chi connectivity index (χ1v) is 6.34. The Morgan fingerprint density at radius 2 is 1.95 bits per heavy atom. The molecule has 2 rings (SSSR count). The van der Waals surface area contributed by atoms with E-state index in [1.54, 1.807) is 18.2 Å². The molecule has 6 heteroatoms. The van der Waals surface area contributed by atoms with Crippen LogP contribution in [0.25, 0.3) is 0 Å². The Bertz CT molecular complexity index is 634. The molecular formula is C14H11ClFNO3. The van der Waals surface area contributed by atoms with Crippen molar-refractivity contribution in [3.05, 3.63) is 69.5 Å². The van der Waals surface area contributed by atoms with Gasteiger partial charge in [0.2, 0.25) is 0 Å². The van der Waals surface area contributed by atoms with Gasteiger partial charge in [0, 0.05) is 11.6 Å². The van der Waals surface area contributed by atoms with Gasteiger partial charge in [-0.3, -0.25) is 10.1 Å². The van der Waals surface area contributed by atoms with E-state index in [2.05, 4.69) is 0 Å². The maximum Gasteiger partial charge on any atom is 0.276 e. The smallest absolute Gasteiger partial charge is 0.276 e. The van der Waals surface area contributed by atoms with E-state index in [0.717, 1.165) is 23.8 Å². The molecule has 0 saturated heterocycles. The van der Waals surface area contributed by atoms with Gasteiger partial charge < -0.3 is 4.74 Å². The van der Waals surface area contributed by atoms with Crippen LogP contribution in [0, 0.1) is 15.9 Å². The highest BCUT2D eigenvalue weighted by molar-refractivity contribution is 6.17. The Morgan fingerprint density at radius 3 is 2.65 bits per heavy atom. The Morgan fingerprint density at radius 1 is 1.20 bits per heavy atom. The van der Waals surface area contributed by atoms with Crippen molar-refractivity contribution in [3.63, 3.8) is 0 Å². The zero-order chi connectivity index (χ0) is 14.5. The topological polar surface area (TPSA) is 52.4 Å². The number of alkyl halides is 1. The van der Waals surface area contributed by atoms with Crippen molar-refractivity contribution in [3.8, 4) is 5.75 Å². The van der Waals surface area contributed by atoms with E-state index in [-0.39, 0.29) is 23.7 Å². The fourth-order valence-corrected chi connectivity index (χ4v) is 1.98. The van der Waals surface area contributed by atoms with Crippen LogP contribution in [-0.2, 0) is 12.5 Å². The lowest BCUT2D eigenvalue weighted by Crippen LogP contribution is -2.02. The SMILES string of the molecule is O=[N+]([O-])c1ccc(F)cc1COc1ccccc1CCl. The molecule has 0 aliphatic rings. The minimum absolute atomic E-state index is 0.0953. The first-order valence-electron chi connectivity index (χ1n) is 5.81. The summed E-state index contributed by atoms with van der Waals surface area (Å²) in [6, 6.07) is 10.4. The zero-order valence-corrected chi connectivity index (χ0v) is 11.1. The molecule has 2 aromatic rings. The highest BCUT2D eigenvalue weighted by atomic mass is 35.5. The number of hydrogen-bond donors (Lipinski definition) is 0. The monoisotopic (exact) mass is 295 g/mol. The number of nitro benzene ring substituents is 1. The van der Waals surface area contributed by atoms with Gasteiger partial charge in [0.25, 0.3) is 5.69 Å². The highest BCUT2D eigenvalue weighted by Gasteiger charge is 2.15. The third-order valence-corrected chi connectivity index (χ3v) is 3.03. The van der Waals surface area contributed by atoms with Crippen molar-refractivity contribution >= 4 is 17.3 Å². The minimum atomic E-state index is -0.564. The summed E-state index contributed by atoms with van der Waals surface area (Å²) in [4.78, 5) is 10.3. The molecule has 0 aliphatic heterocycles. The largest absolute Gasteiger partial charge is 0.488 e. The normalized spacial score (nSPS) is 10.3. The van der Waals surface area contributed by atoms with Crippen molar-refractivity contribution in [1.29, 1.82) is 0 Å². The number of halogens is 2. The summed E-state index contributed by atoms with van der Waals surface area (Å²) in [5, 5.41) is 10.9. The van der Waals surface area contributed by atoms with Crippen LogP contribution < -0.4 is 4.74 Å². The van der Waals surface area contributed by atoms with Crippen LogP contribution >= 0.6 is 11.6 Å². The summed E-state index contributed by atoms with van der Waals surface area (Å²) in [7, 11) is 0. The van der Waals surface area contributed by atoms with E-state index in [1.807, 2.05) is 6.07 Å². The van der Waals surface area contributed by atoms with E-state index >= 15 is 0 Å². The van der Waals surface area contributed by atoms with E-state index in [4.69, 9.17) is 16.3 Å². The predicted molar refractivity (Wildman–Crippen MR) is 73.4 cm³/mol. The molecule has 0 aliphatic carbocycles. The van der Waals surface area contributed by atoms with E-state index < -0.39 is 10.7 Å². The van der Waals surface area contributed by atoms with Crippen LogP contribution in [0.5, 0.6) is 5.75 Å². The van der Waals surface area contributed by atoms with Crippen molar-refractivity contribution < 1.29 is 14.1 Å². The van der Waals surface area contributed by atoms with Crippen molar-refractivity contribution in [1.82, 2.24) is 0 Å². The molecule has 0 aromatic heterocycles. The first kappa shape index (κ1) is 14.3. The Balaban J connectivity index is 2.22. The summed E-state index contributed by atoms with van der Waals surface area (Å²) in [5.74, 6) is 0.252. The molecule has 104 valence electrons. The van der Waals surface area contributed by atoms with Crippen LogP contribution in [0.2, 0.25) is 0 Å². The van der Waals surface area contributed by atoms with Gasteiger partial charge in [-0.15, -0.1) is 11.6 Å². The standard InChI is InChI=1S/C14H11ClFNO3/c15-8-10-3-1-2-4-14(10)20-9-11-7-12(16)5-6-13(11)17(18)19/h1-7H,8-9H2. The number of nitrogens with zero attached hydrogens (tertiary/aromatic N) is 1. The van der Waals surface area contributed by atoms with Crippen molar-refractivity contribution in [2.45, 2.75) is 12.5 Å². The molecule has 0 atom stereocenters. The number of hydrogen-bond acceptors (Lipinski definition) is 3. The highest BCUT2D eigenvalue weighted by Crippen LogP contribution is 2.24. The van der Waals surface area contributed by atoms with Crippen LogP contribution in [0.15, 0.2) is 42.5 Å². The van der Waals surface area contributed by atoms with Crippen molar-refractivity contribution in [2.75, 3.05) is 0 Å². The molecule has 0 fully saturated rings. The van der Waals surface area contributed by atoms with Gasteiger partial charge in [-0.1, -0.05) is 18.2 Å². The zero-order valence-electron chi connectivity index (χ0n) is 10.4. The molecule has 0 bridgehead atoms. The summed E-state index contributed by atoms with van der Waals surface area (Å²) in [6.07, 6.45) is 0. The lowest BCUT2D eigenvalue weighted by molar-refractivity contribution is -0.385. The van der Waals surface area contributed by atoms with Gasteiger partial charge in [0.1, 0.15) is 18.2 Å². The second-order valence-electron chi connectivity index (χ2n) is 4.06. The summed E-state index contributed by atoms with van der Waals surface area (Å²) >= 11 is 5.77. The number of benzene rings is 2. The van der Waals surface area contributed by atoms with Crippen molar-refractivity contribution in [2.24, 2.45) is 0 Å². The lowest BCUT2D eigenvalue weighted by atomic mass is 10.2. The molecule has 2 aromatic carbocycles. The molecule has 0 radical (unpaired) electrons. The number of para-hydroxylation sites is 1. The number of ether oxygens (including phenoxy) is 1. The number of nitro groups is 1. The van der Waals surface area contributed by atoms with E-state index in [9.17, 15) is 14.5 Å². The van der Waals surface area contributed by atoms with Gasteiger partial charge in [-0.25, -0.2) is 4.39 Å². The minimum Gasteiger partial charge on any atom is -0.488 e. The maximum absolute atomic E-state index is 13.2. The van der Waals surface area contributed by atoms with Crippen LogP contribution in [-0.4, -0.2) is 4.92 Å². The van der Waals surface area contributed by atoms with E-state index in [1.165, 1.54) is 0 Å². The van der Waals surface area contributed by atoms with Crippen LogP contribution in [0.1, 0.15) is 11.1 Å².